The summed E-state index contributed by atoms with van der Waals surface area (Å²) in [5, 5.41) is 30.6. The first kappa shape index (κ1) is 14.8. The van der Waals surface area contributed by atoms with E-state index >= 15 is 0 Å². The molecule has 1 aliphatic heterocycles. The summed E-state index contributed by atoms with van der Waals surface area (Å²) >= 11 is 0. The molecule has 1 spiro atoms. The molecule has 19 heavy (non-hydrogen) atoms. The molecule has 0 bridgehead atoms. The number of carboxylic acid groups (broad SMARTS) is 1. The van der Waals surface area contributed by atoms with Crippen molar-refractivity contribution in [2.45, 2.75) is 55.9 Å². The molecule has 3 atom stereocenters. The molecule has 1 aliphatic carbocycles. The molecule has 0 aromatic carbocycles. The Morgan fingerprint density at radius 2 is 2.21 bits per heavy atom. The number of rotatable bonds is 5. The summed E-state index contributed by atoms with van der Waals surface area (Å²) < 4.78 is 0. The topological polar surface area (TPSA) is 116 Å². The minimum Gasteiger partial charge on any atom is -0.480 e. The normalized spacial score (nSPS) is 37.9. The molecule has 6 N–H and O–H groups in total. The van der Waals surface area contributed by atoms with Gasteiger partial charge in [-0.15, -0.1) is 0 Å². The van der Waals surface area contributed by atoms with Crippen molar-refractivity contribution < 1.29 is 19.9 Å². The van der Waals surface area contributed by atoms with Gasteiger partial charge in [-0.05, 0) is 50.9 Å². The lowest BCUT2D eigenvalue weighted by Crippen LogP contribution is -2.52. The molecule has 1 heterocycles. The number of hydrogen-bond donors (Lipinski definition) is 5. The van der Waals surface area contributed by atoms with Crippen LogP contribution < -0.4 is 11.1 Å². The molecular weight excluding hydrogens is 247 g/mol. The summed E-state index contributed by atoms with van der Waals surface area (Å²) in [6.45, 7) is 0.928. The number of hydrogen-bond acceptors (Lipinski definition) is 5. The Balaban J connectivity index is 2.04. The Morgan fingerprint density at radius 1 is 1.47 bits per heavy atom. The van der Waals surface area contributed by atoms with Gasteiger partial charge in [-0.25, -0.2) is 0 Å². The Bertz CT molecular complexity index is 347. The van der Waals surface area contributed by atoms with Crippen LogP contribution in [0.5, 0.6) is 0 Å². The van der Waals surface area contributed by atoms with Crippen LogP contribution in [0.3, 0.4) is 0 Å². The zero-order valence-electron chi connectivity index (χ0n) is 11.1. The molecule has 0 amide bonds. The summed E-state index contributed by atoms with van der Waals surface area (Å²) in [7, 11) is -1.32. The summed E-state index contributed by atoms with van der Waals surface area (Å²) in [6, 6.07) is 0. The van der Waals surface area contributed by atoms with Crippen molar-refractivity contribution in [1.82, 2.24) is 5.32 Å². The number of aliphatic carboxylic acids is 1. The van der Waals surface area contributed by atoms with Crippen LogP contribution in [0.4, 0.5) is 0 Å². The number of nitrogens with one attached hydrogen (secondary N) is 1. The van der Waals surface area contributed by atoms with Crippen LogP contribution in [0.1, 0.15) is 38.5 Å². The SMILES string of the molecule is NC1(C(=O)O)CC2(CCCN2)CC1CCCB(O)O. The smallest absolute Gasteiger partial charge is 0.451 e. The van der Waals surface area contributed by atoms with Crippen molar-refractivity contribution >= 4 is 13.1 Å². The van der Waals surface area contributed by atoms with Gasteiger partial charge in [0, 0.05) is 5.54 Å². The summed E-state index contributed by atoms with van der Waals surface area (Å²) in [5.74, 6) is -1.04. The van der Waals surface area contributed by atoms with Gasteiger partial charge >= 0.3 is 13.1 Å². The molecule has 2 fully saturated rings. The first-order chi connectivity index (χ1) is 8.88. The fraction of sp³-hybridized carbons (Fsp3) is 0.917. The van der Waals surface area contributed by atoms with Crippen LogP contribution in [0, 0.1) is 5.92 Å². The van der Waals surface area contributed by atoms with Crippen LogP contribution in [0.15, 0.2) is 0 Å². The maximum absolute atomic E-state index is 11.5. The van der Waals surface area contributed by atoms with E-state index in [0.29, 0.717) is 19.3 Å². The van der Waals surface area contributed by atoms with Crippen molar-refractivity contribution in [2.75, 3.05) is 6.54 Å². The first-order valence-electron chi connectivity index (χ1n) is 7.01. The van der Waals surface area contributed by atoms with Crippen molar-refractivity contribution in [2.24, 2.45) is 11.7 Å². The Morgan fingerprint density at radius 3 is 2.74 bits per heavy atom. The second kappa shape index (κ2) is 5.40. The number of carboxylic acids is 1. The molecule has 108 valence electrons. The van der Waals surface area contributed by atoms with E-state index in [1.54, 1.807) is 0 Å². The monoisotopic (exact) mass is 270 g/mol. The first-order valence-corrected chi connectivity index (χ1v) is 7.01. The second-order valence-electron chi connectivity index (χ2n) is 6.15. The highest BCUT2D eigenvalue weighted by atomic mass is 16.4. The van der Waals surface area contributed by atoms with Gasteiger partial charge in [-0.1, -0.05) is 6.42 Å². The average molecular weight is 270 g/mol. The van der Waals surface area contributed by atoms with E-state index in [2.05, 4.69) is 5.32 Å². The van der Waals surface area contributed by atoms with E-state index in [9.17, 15) is 9.90 Å². The van der Waals surface area contributed by atoms with E-state index in [4.69, 9.17) is 15.8 Å². The van der Waals surface area contributed by atoms with Crippen molar-refractivity contribution in [1.29, 1.82) is 0 Å². The summed E-state index contributed by atoms with van der Waals surface area (Å²) in [6.07, 6.45) is 4.79. The van der Waals surface area contributed by atoms with Crippen LogP contribution in [0.25, 0.3) is 0 Å². The highest BCUT2D eigenvalue weighted by molar-refractivity contribution is 6.40. The lowest BCUT2D eigenvalue weighted by Gasteiger charge is -2.27. The molecule has 1 saturated heterocycles. The number of nitrogens with two attached hydrogens (primary N) is 1. The zero-order chi connectivity index (χ0) is 14.1. The van der Waals surface area contributed by atoms with E-state index in [1.165, 1.54) is 0 Å². The Labute approximate surface area is 113 Å². The predicted octanol–water partition coefficient (Wildman–Crippen LogP) is -0.446. The fourth-order valence-electron chi connectivity index (χ4n) is 3.78. The van der Waals surface area contributed by atoms with Gasteiger partial charge in [0.15, 0.2) is 0 Å². The third-order valence-electron chi connectivity index (χ3n) is 4.74. The van der Waals surface area contributed by atoms with Crippen molar-refractivity contribution in [3.05, 3.63) is 0 Å². The largest absolute Gasteiger partial charge is 0.480 e. The average Bonchev–Trinajstić information content (AvgIpc) is 2.86. The summed E-state index contributed by atoms with van der Waals surface area (Å²) in [5.41, 5.74) is 4.85. The molecular formula is C12H23BN2O4. The second-order valence-corrected chi connectivity index (χ2v) is 6.15. The van der Waals surface area contributed by atoms with Gasteiger partial charge in [0.1, 0.15) is 5.54 Å². The van der Waals surface area contributed by atoms with E-state index in [1.807, 2.05) is 0 Å². The quantitative estimate of drug-likeness (QED) is 0.432. The number of carbonyl (C=O) groups is 1. The van der Waals surface area contributed by atoms with E-state index in [0.717, 1.165) is 25.8 Å². The van der Waals surface area contributed by atoms with Crippen LogP contribution >= 0.6 is 0 Å². The van der Waals surface area contributed by atoms with Crippen LogP contribution in [-0.4, -0.2) is 45.9 Å². The third kappa shape index (κ3) is 2.94. The van der Waals surface area contributed by atoms with Gasteiger partial charge in [0.05, 0.1) is 0 Å². The molecule has 2 rings (SSSR count). The van der Waals surface area contributed by atoms with Crippen LogP contribution in [-0.2, 0) is 4.79 Å². The lowest BCUT2D eigenvalue weighted by atomic mass is 9.78. The highest BCUT2D eigenvalue weighted by Crippen LogP contribution is 2.47. The van der Waals surface area contributed by atoms with E-state index in [-0.39, 0.29) is 17.8 Å². The zero-order valence-corrected chi connectivity index (χ0v) is 11.1. The van der Waals surface area contributed by atoms with Gasteiger partial charge in [0.2, 0.25) is 0 Å². The van der Waals surface area contributed by atoms with Gasteiger partial charge in [-0.2, -0.15) is 0 Å². The van der Waals surface area contributed by atoms with E-state index < -0.39 is 18.6 Å². The highest BCUT2D eigenvalue weighted by Gasteiger charge is 2.56. The standard InChI is InChI=1S/C12H23BN2O4/c14-12(10(16)17)8-11(4-2-6-15-11)7-9(12)3-1-5-13(18)19/h9,15,18-19H,1-8,14H2,(H,16,17). The predicted molar refractivity (Wildman–Crippen MR) is 71.5 cm³/mol. The molecule has 0 aromatic heterocycles. The molecule has 3 unspecified atom stereocenters. The van der Waals surface area contributed by atoms with Crippen molar-refractivity contribution in [3.63, 3.8) is 0 Å². The molecule has 0 aromatic rings. The minimum atomic E-state index is -1.32. The molecule has 1 saturated carbocycles. The fourth-order valence-corrected chi connectivity index (χ4v) is 3.78. The molecule has 0 radical (unpaired) electrons. The lowest BCUT2D eigenvalue weighted by molar-refractivity contribution is -0.145. The Kier molecular flexibility index (Phi) is 4.20. The third-order valence-corrected chi connectivity index (χ3v) is 4.74. The van der Waals surface area contributed by atoms with Gasteiger partial charge < -0.3 is 26.2 Å². The van der Waals surface area contributed by atoms with Gasteiger partial charge in [0.25, 0.3) is 0 Å². The Hall–Kier alpha value is -0.625. The summed E-state index contributed by atoms with van der Waals surface area (Å²) in [4.78, 5) is 11.5. The molecule has 7 heteroatoms. The van der Waals surface area contributed by atoms with Crippen LogP contribution in [0.2, 0.25) is 6.32 Å². The van der Waals surface area contributed by atoms with Gasteiger partial charge in [-0.3, -0.25) is 4.79 Å². The van der Waals surface area contributed by atoms with Crippen molar-refractivity contribution in [3.8, 4) is 0 Å². The minimum absolute atomic E-state index is 0.102. The molecule has 2 aliphatic rings. The molecule has 6 nitrogen and oxygen atoms in total. The maximum Gasteiger partial charge on any atom is 0.451 e. The maximum atomic E-state index is 11.5.